The van der Waals surface area contributed by atoms with Crippen molar-refractivity contribution in [2.24, 2.45) is 10.8 Å². The molecule has 21 heavy (non-hydrogen) atoms. The minimum Gasteiger partial charge on any atom is -0.469 e. The molecule has 0 aromatic heterocycles. The number of amides is 1. The van der Waals surface area contributed by atoms with Gasteiger partial charge in [0.05, 0.1) is 12.5 Å². The van der Waals surface area contributed by atoms with Crippen molar-refractivity contribution >= 4 is 12.1 Å². The van der Waals surface area contributed by atoms with Crippen molar-refractivity contribution in [2.45, 2.75) is 64.9 Å². The van der Waals surface area contributed by atoms with Gasteiger partial charge in [-0.2, -0.15) is 0 Å². The minimum absolute atomic E-state index is 0.0594. The zero-order valence-electron chi connectivity index (χ0n) is 13.6. The Morgan fingerprint density at radius 2 is 1.57 bits per heavy atom. The van der Waals surface area contributed by atoms with Crippen molar-refractivity contribution < 1.29 is 19.1 Å². The van der Waals surface area contributed by atoms with Crippen molar-refractivity contribution in [3.05, 3.63) is 0 Å². The van der Waals surface area contributed by atoms with E-state index in [0.717, 1.165) is 38.5 Å². The molecule has 3 fully saturated rings. The highest BCUT2D eigenvalue weighted by atomic mass is 16.6. The molecule has 0 unspecified atom stereocenters. The molecule has 1 N–H and O–H groups in total. The van der Waals surface area contributed by atoms with Gasteiger partial charge in [0.2, 0.25) is 0 Å². The molecular weight excluding hydrogens is 270 g/mol. The Labute approximate surface area is 126 Å². The van der Waals surface area contributed by atoms with E-state index in [1.807, 2.05) is 20.8 Å². The highest BCUT2D eigenvalue weighted by Crippen LogP contribution is 2.57. The second-order valence-electron chi connectivity index (χ2n) is 7.63. The van der Waals surface area contributed by atoms with E-state index >= 15 is 0 Å². The minimum atomic E-state index is -0.471. The first-order valence-corrected chi connectivity index (χ1v) is 7.76. The molecule has 3 aliphatic rings. The van der Waals surface area contributed by atoms with Crippen LogP contribution < -0.4 is 5.32 Å². The number of carbonyl (C=O) groups is 2. The average molecular weight is 297 g/mol. The van der Waals surface area contributed by atoms with E-state index < -0.39 is 5.60 Å². The summed E-state index contributed by atoms with van der Waals surface area (Å²) in [6, 6.07) is 0. The van der Waals surface area contributed by atoms with Crippen molar-refractivity contribution in [3.63, 3.8) is 0 Å². The van der Waals surface area contributed by atoms with E-state index in [-0.39, 0.29) is 22.9 Å². The van der Waals surface area contributed by atoms with Gasteiger partial charge in [0, 0.05) is 6.54 Å². The number of carbonyl (C=O) groups excluding carboxylic acids is 2. The number of nitrogens with one attached hydrogen (secondary N) is 1. The monoisotopic (exact) mass is 297 g/mol. The molecule has 0 atom stereocenters. The fourth-order valence-electron chi connectivity index (χ4n) is 3.63. The molecule has 3 rings (SSSR count). The fourth-order valence-corrected chi connectivity index (χ4v) is 3.63. The molecule has 1 amide bonds. The third kappa shape index (κ3) is 3.50. The van der Waals surface area contributed by atoms with Crippen LogP contribution in [0.5, 0.6) is 0 Å². The quantitative estimate of drug-likeness (QED) is 0.813. The highest BCUT2D eigenvalue weighted by Gasteiger charge is 2.53. The maximum atomic E-state index is 12.0. The molecule has 0 saturated heterocycles. The van der Waals surface area contributed by atoms with Crippen LogP contribution in [0.4, 0.5) is 4.79 Å². The number of esters is 1. The van der Waals surface area contributed by atoms with E-state index in [4.69, 9.17) is 9.47 Å². The Hall–Kier alpha value is -1.26. The fraction of sp³-hybridized carbons (Fsp3) is 0.875. The maximum absolute atomic E-state index is 12.0. The molecule has 5 heteroatoms. The summed E-state index contributed by atoms with van der Waals surface area (Å²) in [6.07, 6.45) is 5.17. The Kier molecular flexibility index (Phi) is 4.22. The largest absolute Gasteiger partial charge is 0.469 e. The number of rotatable bonds is 3. The summed E-state index contributed by atoms with van der Waals surface area (Å²) in [6.45, 7) is 6.21. The Morgan fingerprint density at radius 1 is 1.05 bits per heavy atom. The molecule has 0 radical (unpaired) electrons. The number of alkyl carbamates (subject to hydrolysis) is 1. The molecule has 0 aromatic carbocycles. The Balaban J connectivity index is 1.87. The van der Waals surface area contributed by atoms with Crippen molar-refractivity contribution in [3.8, 4) is 0 Å². The van der Waals surface area contributed by atoms with Crippen LogP contribution in [0.25, 0.3) is 0 Å². The number of fused-ring (bicyclic) bond motifs is 3. The van der Waals surface area contributed by atoms with E-state index in [2.05, 4.69) is 5.32 Å². The zero-order chi connectivity index (χ0) is 15.7. The van der Waals surface area contributed by atoms with Gasteiger partial charge >= 0.3 is 12.1 Å². The van der Waals surface area contributed by atoms with Gasteiger partial charge in [-0.05, 0) is 64.7 Å². The third-order valence-electron chi connectivity index (χ3n) is 5.03. The van der Waals surface area contributed by atoms with Crippen LogP contribution >= 0.6 is 0 Å². The first-order valence-electron chi connectivity index (χ1n) is 7.76. The van der Waals surface area contributed by atoms with Crippen LogP contribution in [-0.2, 0) is 14.3 Å². The highest BCUT2D eigenvalue weighted by molar-refractivity contribution is 5.77. The summed E-state index contributed by atoms with van der Waals surface area (Å²) in [4.78, 5) is 23.7. The molecule has 5 nitrogen and oxygen atoms in total. The lowest BCUT2D eigenvalue weighted by molar-refractivity contribution is -0.162. The van der Waals surface area contributed by atoms with Gasteiger partial charge in [0.25, 0.3) is 0 Å². The van der Waals surface area contributed by atoms with E-state index in [0.29, 0.717) is 6.54 Å². The van der Waals surface area contributed by atoms with Gasteiger partial charge in [-0.1, -0.05) is 0 Å². The number of ether oxygens (including phenoxy) is 2. The van der Waals surface area contributed by atoms with Crippen molar-refractivity contribution in [2.75, 3.05) is 13.7 Å². The lowest BCUT2D eigenvalue weighted by atomic mass is 9.53. The molecule has 0 heterocycles. The first-order chi connectivity index (χ1) is 9.70. The maximum Gasteiger partial charge on any atom is 0.407 e. The number of methoxy groups -OCH3 is 1. The van der Waals surface area contributed by atoms with Crippen LogP contribution in [0.1, 0.15) is 59.3 Å². The summed E-state index contributed by atoms with van der Waals surface area (Å²) < 4.78 is 10.2. The van der Waals surface area contributed by atoms with E-state index in [1.165, 1.54) is 7.11 Å². The molecule has 0 aliphatic heterocycles. The molecule has 120 valence electrons. The summed E-state index contributed by atoms with van der Waals surface area (Å²) in [5, 5.41) is 2.90. The molecule has 3 aliphatic carbocycles. The molecule has 3 saturated carbocycles. The molecule has 2 bridgehead atoms. The standard InChI is InChI=1S/C16H27NO4/c1-14(2,3)21-13(19)17-11-15-5-8-16(9-6-15,10-7-15)12(18)20-4/h5-11H2,1-4H3,(H,17,19). The van der Waals surface area contributed by atoms with Gasteiger partial charge in [0.15, 0.2) is 0 Å². The number of hydrogen-bond acceptors (Lipinski definition) is 4. The van der Waals surface area contributed by atoms with Gasteiger partial charge in [-0.25, -0.2) is 4.79 Å². The smallest absolute Gasteiger partial charge is 0.407 e. The SMILES string of the molecule is COC(=O)C12CCC(CNC(=O)OC(C)(C)C)(CC1)CC2. The van der Waals surface area contributed by atoms with Gasteiger partial charge in [-0.3, -0.25) is 4.79 Å². The molecule has 0 spiro atoms. The molecular formula is C16H27NO4. The van der Waals surface area contributed by atoms with Crippen LogP contribution in [0.3, 0.4) is 0 Å². The number of hydrogen-bond donors (Lipinski definition) is 1. The average Bonchev–Trinajstić information content (AvgIpc) is 2.44. The van der Waals surface area contributed by atoms with Crippen LogP contribution in [0, 0.1) is 10.8 Å². The van der Waals surface area contributed by atoms with E-state index in [1.54, 1.807) is 0 Å². The predicted molar refractivity (Wildman–Crippen MR) is 78.8 cm³/mol. The lowest BCUT2D eigenvalue weighted by Gasteiger charge is -2.51. The van der Waals surface area contributed by atoms with Crippen LogP contribution in [0.15, 0.2) is 0 Å². The van der Waals surface area contributed by atoms with Gasteiger partial charge < -0.3 is 14.8 Å². The van der Waals surface area contributed by atoms with Gasteiger partial charge in [0.1, 0.15) is 5.60 Å². The summed E-state index contributed by atoms with van der Waals surface area (Å²) >= 11 is 0. The Bertz CT molecular complexity index is 400. The summed E-state index contributed by atoms with van der Waals surface area (Å²) in [5.41, 5.74) is -0.601. The molecule has 0 aromatic rings. The predicted octanol–water partition coefficient (Wildman–Crippen LogP) is 3.02. The van der Waals surface area contributed by atoms with Crippen LogP contribution in [0.2, 0.25) is 0 Å². The van der Waals surface area contributed by atoms with Gasteiger partial charge in [-0.15, -0.1) is 0 Å². The second-order valence-corrected chi connectivity index (χ2v) is 7.63. The van der Waals surface area contributed by atoms with E-state index in [9.17, 15) is 9.59 Å². The van der Waals surface area contributed by atoms with Crippen molar-refractivity contribution in [1.29, 1.82) is 0 Å². The second kappa shape index (κ2) is 5.50. The lowest BCUT2D eigenvalue weighted by Crippen LogP contribution is -2.51. The van der Waals surface area contributed by atoms with Crippen molar-refractivity contribution in [1.82, 2.24) is 5.32 Å². The zero-order valence-corrected chi connectivity index (χ0v) is 13.6. The van der Waals surface area contributed by atoms with Crippen LogP contribution in [-0.4, -0.2) is 31.3 Å². The summed E-state index contributed by atoms with van der Waals surface area (Å²) in [5.74, 6) is -0.0594. The summed E-state index contributed by atoms with van der Waals surface area (Å²) in [7, 11) is 1.47. The first kappa shape index (κ1) is 16.1. The normalized spacial score (nSPS) is 31.6. The topological polar surface area (TPSA) is 64.6 Å². The Morgan fingerprint density at radius 3 is 2.00 bits per heavy atom. The third-order valence-corrected chi connectivity index (χ3v) is 5.03.